The fraction of sp³-hybridized carbons (Fsp3) is 0.0556. The molecule has 2 aromatic carbocycles. The van der Waals surface area contributed by atoms with Gasteiger partial charge in [-0.1, -0.05) is 40.9 Å². The number of hydrogen-bond donors (Lipinski definition) is 1. The first-order valence-corrected chi connectivity index (χ1v) is 8.35. The molecule has 0 aliphatic rings. The van der Waals surface area contributed by atoms with Crippen LogP contribution in [0.1, 0.15) is 5.56 Å². The number of rotatable bonds is 3. The van der Waals surface area contributed by atoms with Crippen molar-refractivity contribution in [2.75, 3.05) is 5.32 Å². The summed E-state index contributed by atoms with van der Waals surface area (Å²) in [5.74, 6) is 0.685. The van der Waals surface area contributed by atoms with Gasteiger partial charge in [0, 0.05) is 10.7 Å². The van der Waals surface area contributed by atoms with Crippen molar-refractivity contribution in [2.45, 2.75) is 6.92 Å². The predicted octanol–water partition coefficient (Wildman–Crippen LogP) is 5.17. The lowest BCUT2D eigenvalue weighted by Gasteiger charge is -2.08. The third kappa shape index (κ3) is 3.04. The molecular formula is C18H13Cl2N5. The normalized spacial score (nSPS) is 11.0. The minimum atomic E-state index is 0.504. The molecule has 2 aromatic heterocycles. The van der Waals surface area contributed by atoms with Gasteiger partial charge in [-0.3, -0.25) is 0 Å². The van der Waals surface area contributed by atoms with E-state index in [0.29, 0.717) is 27.2 Å². The number of anilines is 2. The number of fused-ring (bicyclic) bond motifs is 1. The first-order chi connectivity index (χ1) is 12.1. The van der Waals surface area contributed by atoms with Crippen LogP contribution in [0.5, 0.6) is 0 Å². The Balaban J connectivity index is 1.79. The number of nitrogens with one attached hydrogen (secondary N) is 1. The minimum absolute atomic E-state index is 0.504. The molecule has 1 N–H and O–H groups in total. The molecule has 0 radical (unpaired) electrons. The van der Waals surface area contributed by atoms with Crippen molar-refractivity contribution >= 4 is 45.7 Å². The lowest BCUT2D eigenvalue weighted by atomic mass is 10.2. The van der Waals surface area contributed by atoms with Crippen LogP contribution >= 0.6 is 23.2 Å². The van der Waals surface area contributed by atoms with E-state index in [1.54, 1.807) is 23.0 Å². The summed E-state index contributed by atoms with van der Waals surface area (Å²) in [7, 11) is 0. The summed E-state index contributed by atoms with van der Waals surface area (Å²) >= 11 is 12.3. The molecule has 2 heterocycles. The third-order valence-corrected chi connectivity index (χ3v) is 4.36. The van der Waals surface area contributed by atoms with E-state index in [-0.39, 0.29) is 0 Å². The van der Waals surface area contributed by atoms with Crippen LogP contribution in [0.2, 0.25) is 10.0 Å². The van der Waals surface area contributed by atoms with Crippen LogP contribution in [0.15, 0.2) is 55.0 Å². The number of aromatic nitrogens is 4. The van der Waals surface area contributed by atoms with E-state index in [2.05, 4.69) is 20.4 Å². The van der Waals surface area contributed by atoms with Crippen LogP contribution in [0.4, 0.5) is 11.5 Å². The summed E-state index contributed by atoms with van der Waals surface area (Å²) < 4.78 is 1.68. The third-order valence-electron chi connectivity index (χ3n) is 3.82. The van der Waals surface area contributed by atoms with Crippen LogP contribution in [-0.2, 0) is 0 Å². The average molecular weight is 370 g/mol. The van der Waals surface area contributed by atoms with Gasteiger partial charge >= 0.3 is 0 Å². The van der Waals surface area contributed by atoms with Crippen LogP contribution in [0, 0.1) is 6.92 Å². The monoisotopic (exact) mass is 369 g/mol. The first kappa shape index (κ1) is 15.9. The second-order valence-corrected chi connectivity index (χ2v) is 6.45. The lowest BCUT2D eigenvalue weighted by Crippen LogP contribution is -2.00. The Morgan fingerprint density at radius 1 is 1.00 bits per heavy atom. The van der Waals surface area contributed by atoms with Crippen molar-refractivity contribution < 1.29 is 0 Å². The van der Waals surface area contributed by atoms with E-state index in [1.807, 2.05) is 37.3 Å². The van der Waals surface area contributed by atoms with Gasteiger partial charge in [0.15, 0.2) is 5.65 Å². The summed E-state index contributed by atoms with van der Waals surface area (Å²) in [5, 5.41) is 9.60. The van der Waals surface area contributed by atoms with E-state index >= 15 is 0 Å². The topological polar surface area (TPSA) is 55.6 Å². The zero-order valence-corrected chi connectivity index (χ0v) is 14.8. The second kappa shape index (κ2) is 6.35. The average Bonchev–Trinajstić information content (AvgIpc) is 3.02. The van der Waals surface area contributed by atoms with Crippen LogP contribution < -0.4 is 5.32 Å². The maximum atomic E-state index is 6.30. The highest BCUT2D eigenvalue weighted by molar-refractivity contribution is 6.35. The van der Waals surface area contributed by atoms with Crippen molar-refractivity contribution in [2.24, 2.45) is 0 Å². The molecule has 0 amide bonds. The summed E-state index contributed by atoms with van der Waals surface area (Å²) in [6.45, 7) is 2.05. The summed E-state index contributed by atoms with van der Waals surface area (Å²) in [5.41, 5.74) is 3.52. The van der Waals surface area contributed by atoms with Gasteiger partial charge in [0.1, 0.15) is 12.1 Å². The van der Waals surface area contributed by atoms with Crippen LogP contribution in [0.3, 0.4) is 0 Å². The standard InChI is InChI=1S/C18H13Cl2N5/c1-11-2-5-13(6-3-11)24-17-14-9-23-25(18(14)22-10-21-17)16-7-4-12(19)8-15(16)20/h2-10H,1H3,(H,21,22,24). The van der Waals surface area contributed by atoms with Gasteiger partial charge in [-0.2, -0.15) is 5.10 Å². The fourth-order valence-corrected chi connectivity index (χ4v) is 3.04. The highest BCUT2D eigenvalue weighted by Crippen LogP contribution is 2.29. The summed E-state index contributed by atoms with van der Waals surface area (Å²) in [6.07, 6.45) is 3.22. The van der Waals surface area contributed by atoms with Crippen molar-refractivity contribution in [3.63, 3.8) is 0 Å². The van der Waals surface area contributed by atoms with E-state index in [1.165, 1.54) is 11.9 Å². The number of halogens is 2. The summed E-state index contributed by atoms with van der Waals surface area (Å²) in [4.78, 5) is 8.69. The van der Waals surface area contributed by atoms with Crippen LogP contribution in [0.25, 0.3) is 16.7 Å². The highest BCUT2D eigenvalue weighted by atomic mass is 35.5. The van der Waals surface area contributed by atoms with E-state index < -0.39 is 0 Å². The van der Waals surface area contributed by atoms with Gasteiger partial charge in [0.2, 0.25) is 0 Å². The number of benzene rings is 2. The quantitative estimate of drug-likeness (QED) is 0.540. The lowest BCUT2D eigenvalue weighted by molar-refractivity contribution is 0.895. The molecule has 124 valence electrons. The second-order valence-electron chi connectivity index (χ2n) is 5.60. The minimum Gasteiger partial charge on any atom is -0.340 e. The Morgan fingerprint density at radius 3 is 2.56 bits per heavy atom. The van der Waals surface area contributed by atoms with Gasteiger partial charge in [-0.15, -0.1) is 0 Å². The molecule has 0 aliphatic heterocycles. The van der Waals surface area contributed by atoms with Crippen molar-refractivity contribution in [3.05, 3.63) is 70.6 Å². The first-order valence-electron chi connectivity index (χ1n) is 7.60. The zero-order chi connectivity index (χ0) is 17.4. The van der Waals surface area contributed by atoms with Crippen molar-refractivity contribution in [3.8, 4) is 5.69 Å². The van der Waals surface area contributed by atoms with Gasteiger partial charge < -0.3 is 5.32 Å². The number of aryl methyl sites for hydroxylation is 1. The molecule has 0 aliphatic carbocycles. The molecule has 0 saturated carbocycles. The fourth-order valence-electron chi connectivity index (χ4n) is 2.55. The molecule has 0 saturated heterocycles. The van der Waals surface area contributed by atoms with Crippen molar-refractivity contribution in [1.82, 2.24) is 19.7 Å². The van der Waals surface area contributed by atoms with Gasteiger partial charge in [0.05, 0.1) is 22.3 Å². The van der Waals surface area contributed by atoms with Crippen LogP contribution in [-0.4, -0.2) is 19.7 Å². The Bertz CT molecular complexity index is 1060. The Labute approximate surface area is 154 Å². The molecule has 4 aromatic rings. The highest BCUT2D eigenvalue weighted by Gasteiger charge is 2.13. The van der Waals surface area contributed by atoms with Gasteiger partial charge in [-0.25, -0.2) is 14.6 Å². The SMILES string of the molecule is Cc1ccc(Nc2ncnc3c2cnn3-c2ccc(Cl)cc2Cl)cc1. The largest absolute Gasteiger partial charge is 0.340 e. The molecule has 25 heavy (non-hydrogen) atoms. The molecule has 0 bridgehead atoms. The smallest absolute Gasteiger partial charge is 0.168 e. The van der Waals surface area contributed by atoms with Gasteiger partial charge in [-0.05, 0) is 37.3 Å². The van der Waals surface area contributed by atoms with Gasteiger partial charge in [0.25, 0.3) is 0 Å². The Morgan fingerprint density at radius 2 is 1.80 bits per heavy atom. The molecule has 0 atom stereocenters. The molecule has 0 spiro atoms. The van der Waals surface area contributed by atoms with Crippen molar-refractivity contribution in [1.29, 1.82) is 0 Å². The Kier molecular flexibility index (Phi) is 4.03. The molecule has 0 fully saturated rings. The Hall–Kier alpha value is -2.63. The molecule has 7 heteroatoms. The predicted molar refractivity (Wildman–Crippen MR) is 101 cm³/mol. The van der Waals surface area contributed by atoms with E-state index in [0.717, 1.165) is 11.1 Å². The molecule has 0 unspecified atom stereocenters. The molecular weight excluding hydrogens is 357 g/mol. The zero-order valence-electron chi connectivity index (χ0n) is 13.2. The maximum absolute atomic E-state index is 6.30. The number of hydrogen-bond acceptors (Lipinski definition) is 4. The summed E-state index contributed by atoms with van der Waals surface area (Å²) in [6, 6.07) is 13.3. The number of nitrogens with zero attached hydrogens (tertiary/aromatic N) is 4. The van der Waals surface area contributed by atoms with E-state index in [4.69, 9.17) is 23.2 Å². The van der Waals surface area contributed by atoms with E-state index in [9.17, 15) is 0 Å². The molecule has 4 rings (SSSR count). The maximum Gasteiger partial charge on any atom is 0.168 e. The molecule has 5 nitrogen and oxygen atoms in total.